The number of benzene rings is 1. The number of aryl methyl sites for hydroxylation is 1. The van der Waals surface area contributed by atoms with Crippen LogP contribution in [-0.2, 0) is 10.0 Å². The van der Waals surface area contributed by atoms with E-state index in [4.69, 9.17) is 0 Å². The summed E-state index contributed by atoms with van der Waals surface area (Å²) in [7, 11) is -3.16. The Kier molecular flexibility index (Phi) is 7.22. The summed E-state index contributed by atoms with van der Waals surface area (Å²) >= 11 is 0. The van der Waals surface area contributed by atoms with Gasteiger partial charge in [0.25, 0.3) is 5.91 Å². The monoisotopic (exact) mass is 465 g/mol. The van der Waals surface area contributed by atoms with Crippen LogP contribution in [0.25, 0.3) is 0 Å². The summed E-state index contributed by atoms with van der Waals surface area (Å²) < 4.78 is 40.5. The van der Waals surface area contributed by atoms with Crippen LogP contribution in [0.15, 0.2) is 18.2 Å². The van der Waals surface area contributed by atoms with E-state index in [-0.39, 0.29) is 17.3 Å². The molecule has 2 saturated carbocycles. The molecule has 1 N–H and O–H groups in total. The Morgan fingerprint density at radius 3 is 2.34 bits per heavy atom. The molecule has 0 radical (unpaired) electrons. The molecule has 0 unspecified atom stereocenters. The number of nitrogens with one attached hydrogen (secondary N) is 1. The van der Waals surface area contributed by atoms with Crippen molar-refractivity contribution < 1.29 is 17.6 Å². The third-order valence-electron chi connectivity index (χ3n) is 7.49. The van der Waals surface area contributed by atoms with Gasteiger partial charge in [-0.15, -0.1) is 0 Å². The minimum absolute atomic E-state index is 0.146. The molecule has 1 amide bonds. The van der Waals surface area contributed by atoms with Gasteiger partial charge in [-0.1, -0.05) is 25.7 Å². The Morgan fingerprint density at radius 1 is 1.09 bits per heavy atom. The van der Waals surface area contributed by atoms with E-state index in [1.165, 1.54) is 25.0 Å². The van der Waals surface area contributed by atoms with Crippen LogP contribution in [0.2, 0.25) is 0 Å². The van der Waals surface area contributed by atoms with Crippen molar-refractivity contribution in [3.63, 3.8) is 0 Å². The summed E-state index contributed by atoms with van der Waals surface area (Å²) in [5.41, 5.74) is 0.991. The topological polar surface area (TPSA) is 69.7 Å². The van der Waals surface area contributed by atoms with Gasteiger partial charge in [-0.05, 0) is 62.3 Å². The molecule has 178 valence electrons. The van der Waals surface area contributed by atoms with Gasteiger partial charge in [0.15, 0.2) is 0 Å². The molecule has 0 atom stereocenters. The van der Waals surface area contributed by atoms with E-state index >= 15 is 0 Å². The van der Waals surface area contributed by atoms with Crippen LogP contribution in [0.4, 0.5) is 4.39 Å². The molecule has 2 aliphatic carbocycles. The summed E-state index contributed by atoms with van der Waals surface area (Å²) in [6.07, 6.45) is 8.71. The first-order valence-electron chi connectivity index (χ1n) is 12.1. The smallest absolute Gasteiger partial charge is 0.251 e. The van der Waals surface area contributed by atoms with Crippen LogP contribution in [0, 0.1) is 18.7 Å². The number of nitrogens with zero attached hydrogens (tertiary/aromatic N) is 2. The molecule has 3 aliphatic rings. The third kappa shape index (κ3) is 5.51. The van der Waals surface area contributed by atoms with Gasteiger partial charge in [-0.3, -0.25) is 9.69 Å². The minimum Gasteiger partial charge on any atom is -0.350 e. The van der Waals surface area contributed by atoms with Gasteiger partial charge >= 0.3 is 0 Å². The molecule has 0 bridgehead atoms. The minimum atomic E-state index is -3.16. The zero-order valence-corrected chi connectivity index (χ0v) is 19.9. The molecule has 8 heteroatoms. The van der Waals surface area contributed by atoms with Crippen LogP contribution in [0.1, 0.15) is 67.3 Å². The SMILES string of the molecule is Cc1cc(F)ccc1C(=O)NCC1(N2CCN(S(=O)(=O)CC3CC3)CC2)CCCCCC1. The summed E-state index contributed by atoms with van der Waals surface area (Å²) in [6.45, 7) is 4.76. The van der Waals surface area contributed by atoms with Gasteiger partial charge in [0, 0.05) is 43.8 Å². The normalized spacial score (nSPS) is 22.9. The maximum Gasteiger partial charge on any atom is 0.251 e. The predicted octanol–water partition coefficient (Wildman–Crippen LogP) is 3.31. The number of amides is 1. The van der Waals surface area contributed by atoms with Crippen molar-refractivity contribution in [3.05, 3.63) is 35.1 Å². The highest BCUT2D eigenvalue weighted by Gasteiger charge is 2.41. The maximum atomic E-state index is 13.4. The standard InChI is InChI=1S/C24H36FN3O3S/c1-19-16-21(25)8-9-22(19)23(29)26-18-24(10-4-2-3-5-11-24)27-12-14-28(15-13-27)32(30,31)17-20-6-7-20/h8-9,16,20H,2-7,10-15,17-18H2,1H3,(H,26,29). The zero-order chi connectivity index (χ0) is 22.8. The molecule has 1 aliphatic heterocycles. The van der Waals surface area contributed by atoms with Crippen molar-refractivity contribution in [2.45, 2.75) is 63.8 Å². The highest BCUT2D eigenvalue weighted by atomic mass is 32.2. The van der Waals surface area contributed by atoms with Gasteiger partial charge in [-0.25, -0.2) is 12.8 Å². The molecule has 3 fully saturated rings. The number of piperazine rings is 1. The van der Waals surface area contributed by atoms with E-state index in [0.717, 1.165) is 38.5 Å². The van der Waals surface area contributed by atoms with Crippen LogP contribution in [0.3, 0.4) is 0 Å². The van der Waals surface area contributed by atoms with Gasteiger partial charge in [0.2, 0.25) is 10.0 Å². The highest BCUT2D eigenvalue weighted by Crippen LogP contribution is 2.35. The molecule has 0 spiro atoms. The fraction of sp³-hybridized carbons (Fsp3) is 0.708. The molecule has 6 nitrogen and oxygen atoms in total. The molecule has 1 saturated heterocycles. The average Bonchev–Trinajstić information content (AvgIpc) is 3.59. The lowest BCUT2D eigenvalue weighted by atomic mass is 9.87. The first-order chi connectivity index (χ1) is 15.3. The number of carbonyl (C=O) groups excluding carboxylic acids is 1. The van der Waals surface area contributed by atoms with Crippen LogP contribution >= 0.6 is 0 Å². The summed E-state index contributed by atoms with van der Waals surface area (Å²) in [6, 6.07) is 4.26. The molecule has 32 heavy (non-hydrogen) atoms. The zero-order valence-electron chi connectivity index (χ0n) is 19.1. The summed E-state index contributed by atoms with van der Waals surface area (Å²) in [4.78, 5) is 15.3. The van der Waals surface area contributed by atoms with Crippen LogP contribution < -0.4 is 5.32 Å². The number of rotatable bonds is 7. The largest absolute Gasteiger partial charge is 0.350 e. The summed E-state index contributed by atoms with van der Waals surface area (Å²) in [5.74, 6) is 0.146. The molecular formula is C24H36FN3O3S. The molecule has 1 aromatic rings. The number of halogens is 1. The molecule has 1 heterocycles. The first kappa shape index (κ1) is 23.6. The van der Waals surface area contributed by atoms with Gasteiger partial charge in [-0.2, -0.15) is 4.31 Å². The van der Waals surface area contributed by atoms with Gasteiger partial charge in [0.05, 0.1) is 5.75 Å². The lowest BCUT2D eigenvalue weighted by Crippen LogP contribution is -2.61. The molecule has 4 rings (SSSR count). The Hall–Kier alpha value is -1.51. The van der Waals surface area contributed by atoms with E-state index < -0.39 is 10.0 Å². The summed E-state index contributed by atoms with van der Waals surface area (Å²) in [5, 5.41) is 3.14. The van der Waals surface area contributed by atoms with Crippen LogP contribution in [0.5, 0.6) is 0 Å². The predicted molar refractivity (Wildman–Crippen MR) is 124 cm³/mol. The number of hydrogen-bond acceptors (Lipinski definition) is 4. The van der Waals surface area contributed by atoms with E-state index in [2.05, 4.69) is 10.2 Å². The maximum absolute atomic E-state index is 13.4. The first-order valence-corrected chi connectivity index (χ1v) is 13.7. The van der Waals surface area contributed by atoms with Crippen molar-refractivity contribution in [2.24, 2.45) is 5.92 Å². The molecule has 0 aromatic heterocycles. The fourth-order valence-corrected chi connectivity index (χ4v) is 7.20. The second-order valence-corrected chi connectivity index (χ2v) is 11.9. The second-order valence-electron chi connectivity index (χ2n) is 9.89. The molecule has 1 aromatic carbocycles. The van der Waals surface area contributed by atoms with Gasteiger partial charge < -0.3 is 5.32 Å². The third-order valence-corrected chi connectivity index (χ3v) is 9.54. The van der Waals surface area contributed by atoms with Crippen molar-refractivity contribution in [2.75, 3.05) is 38.5 Å². The van der Waals surface area contributed by atoms with E-state index in [9.17, 15) is 17.6 Å². The average molecular weight is 466 g/mol. The van der Waals surface area contributed by atoms with Crippen LogP contribution in [-0.4, -0.2) is 67.5 Å². The van der Waals surface area contributed by atoms with Gasteiger partial charge in [0.1, 0.15) is 5.82 Å². The van der Waals surface area contributed by atoms with Crippen molar-refractivity contribution in [1.29, 1.82) is 0 Å². The Bertz CT molecular complexity index is 916. The highest BCUT2D eigenvalue weighted by molar-refractivity contribution is 7.89. The number of hydrogen-bond donors (Lipinski definition) is 1. The fourth-order valence-electron chi connectivity index (χ4n) is 5.34. The van der Waals surface area contributed by atoms with E-state index in [0.29, 0.717) is 55.5 Å². The second kappa shape index (κ2) is 9.77. The van der Waals surface area contributed by atoms with E-state index in [1.54, 1.807) is 17.3 Å². The Labute approximate surface area is 191 Å². The lowest BCUT2D eigenvalue weighted by Gasteiger charge is -2.47. The number of sulfonamides is 1. The van der Waals surface area contributed by atoms with E-state index in [1.807, 2.05) is 0 Å². The quantitative estimate of drug-likeness (QED) is 0.628. The number of carbonyl (C=O) groups is 1. The lowest BCUT2D eigenvalue weighted by molar-refractivity contribution is 0.0391. The van der Waals surface area contributed by atoms with Crippen molar-refractivity contribution in [3.8, 4) is 0 Å². The van der Waals surface area contributed by atoms with Crippen molar-refractivity contribution in [1.82, 2.24) is 14.5 Å². The molecular weight excluding hydrogens is 429 g/mol. The van der Waals surface area contributed by atoms with Crippen molar-refractivity contribution >= 4 is 15.9 Å². The Morgan fingerprint density at radius 2 is 1.75 bits per heavy atom. The Balaban J connectivity index is 1.43.